The van der Waals surface area contributed by atoms with E-state index in [4.69, 9.17) is 4.74 Å². The number of anilines is 1. The van der Waals surface area contributed by atoms with Crippen molar-refractivity contribution < 1.29 is 19.1 Å². The third kappa shape index (κ3) is 5.85. The predicted molar refractivity (Wildman–Crippen MR) is 100 cm³/mol. The molecule has 0 aromatic carbocycles. The number of carbonyl (C=O) groups excluding carboxylic acids is 3. The molecule has 0 radical (unpaired) electrons. The Morgan fingerprint density at radius 2 is 1.80 bits per heavy atom. The van der Waals surface area contributed by atoms with Gasteiger partial charge in [-0.25, -0.2) is 4.79 Å². The highest BCUT2D eigenvalue weighted by Gasteiger charge is 2.24. The zero-order chi connectivity index (χ0) is 19.2. The molecule has 2 N–H and O–H groups in total. The molecule has 140 valence electrons. The second-order valence-corrected chi connectivity index (χ2v) is 7.94. The molecule has 0 aliphatic carbocycles. The standard InChI is InChI=1S/C18H28N2O4S/c1-7-12-11(3)25-15(14(12)16(22)24-8-2)20-13(21)9-10-19-17(23)18(4,5)6/h7-10H2,1-6H3,(H,19,23)(H,20,21). The Morgan fingerprint density at radius 3 is 2.32 bits per heavy atom. The van der Waals surface area contributed by atoms with E-state index >= 15 is 0 Å². The quantitative estimate of drug-likeness (QED) is 0.723. The van der Waals surface area contributed by atoms with Crippen molar-refractivity contribution in [1.29, 1.82) is 0 Å². The van der Waals surface area contributed by atoms with Crippen molar-refractivity contribution >= 4 is 34.1 Å². The molecule has 0 saturated carbocycles. The molecule has 1 aromatic heterocycles. The summed E-state index contributed by atoms with van der Waals surface area (Å²) in [6.07, 6.45) is 0.830. The highest BCUT2D eigenvalue weighted by molar-refractivity contribution is 7.16. The normalized spacial score (nSPS) is 11.1. The molecule has 0 bridgehead atoms. The van der Waals surface area contributed by atoms with Crippen LogP contribution in [0.1, 0.15) is 61.8 Å². The van der Waals surface area contributed by atoms with E-state index in [0.717, 1.165) is 10.4 Å². The van der Waals surface area contributed by atoms with Gasteiger partial charge in [0, 0.05) is 23.3 Å². The van der Waals surface area contributed by atoms with Crippen molar-refractivity contribution in [3.8, 4) is 0 Å². The van der Waals surface area contributed by atoms with E-state index in [1.54, 1.807) is 6.92 Å². The number of aryl methyl sites for hydroxylation is 1. The van der Waals surface area contributed by atoms with Crippen molar-refractivity contribution in [2.24, 2.45) is 5.41 Å². The molecule has 0 spiro atoms. The van der Waals surface area contributed by atoms with Crippen molar-refractivity contribution in [1.82, 2.24) is 5.32 Å². The third-order valence-corrected chi connectivity index (χ3v) is 4.68. The molecule has 1 rings (SSSR count). The summed E-state index contributed by atoms with van der Waals surface area (Å²) in [5, 5.41) is 6.04. The van der Waals surface area contributed by atoms with Crippen LogP contribution in [0.25, 0.3) is 0 Å². The summed E-state index contributed by atoms with van der Waals surface area (Å²) in [4.78, 5) is 37.2. The van der Waals surface area contributed by atoms with Gasteiger partial charge in [0.25, 0.3) is 0 Å². The summed E-state index contributed by atoms with van der Waals surface area (Å²) in [5.74, 6) is -0.767. The highest BCUT2D eigenvalue weighted by Crippen LogP contribution is 2.34. The summed E-state index contributed by atoms with van der Waals surface area (Å²) >= 11 is 1.37. The maximum atomic E-state index is 12.2. The van der Waals surface area contributed by atoms with Gasteiger partial charge in [0.05, 0.1) is 12.2 Å². The summed E-state index contributed by atoms with van der Waals surface area (Å²) in [6, 6.07) is 0. The van der Waals surface area contributed by atoms with Crippen LogP contribution in [-0.4, -0.2) is 30.9 Å². The second-order valence-electron chi connectivity index (χ2n) is 6.72. The first kappa shape index (κ1) is 21.2. The van der Waals surface area contributed by atoms with Gasteiger partial charge < -0.3 is 15.4 Å². The zero-order valence-corrected chi connectivity index (χ0v) is 16.7. The molecule has 0 aliphatic rings. The molecule has 2 amide bonds. The van der Waals surface area contributed by atoms with E-state index in [1.165, 1.54) is 11.3 Å². The number of ether oxygens (including phenoxy) is 1. The number of carbonyl (C=O) groups is 3. The maximum absolute atomic E-state index is 12.2. The van der Waals surface area contributed by atoms with Gasteiger partial charge in [0.1, 0.15) is 5.00 Å². The van der Waals surface area contributed by atoms with E-state index in [0.29, 0.717) is 17.0 Å². The lowest BCUT2D eigenvalue weighted by Crippen LogP contribution is -2.36. The molecule has 25 heavy (non-hydrogen) atoms. The summed E-state index contributed by atoms with van der Waals surface area (Å²) < 4.78 is 5.12. The van der Waals surface area contributed by atoms with Gasteiger partial charge in [-0.2, -0.15) is 0 Å². The number of nitrogens with one attached hydrogen (secondary N) is 2. The second kappa shape index (κ2) is 8.99. The zero-order valence-electron chi connectivity index (χ0n) is 15.9. The first-order chi connectivity index (χ1) is 11.6. The van der Waals surface area contributed by atoms with Gasteiger partial charge in [0.15, 0.2) is 0 Å². The van der Waals surface area contributed by atoms with E-state index in [1.807, 2.05) is 34.6 Å². The van der Waals surface area contributed by atoms with Gasteiger partial charge in [-0.05, 0) is 25.8 Å². The van der Waals surface area contributed by atoms with Gasteiger partial charge in [-0.1, -0.05) is 27.7 Å². The van der Waals surface area contributed by atoms with Crippen molar-refractivity contribution in [3.63, 3.8) is 0 Å². The monoisotopic (exact) mass is 368 g/mol. The molecule has 0 fully saturated rings. The fourth-order valence-corrected chi connectivity index (χ4v) is 3.40. The topological polar surface area (TPSA) is 84.5 Å². The third-order valence-electron chi connectivity index (χ3n) is 3.61. The number of hydrogen-bond donors (Lipinski definition) is 2. The molecule has 0 saturated heterocycles. The Kier molecular flexibility index (Phi) is 7.60. The lowest BCUT2D eigenvalue weighted by Gasteiger charge is -2.17. The first-order valence-electron chi connectivity index (χ1n) is 8.49. The van der Waals surface area contributed by atoms with Crippen molar-refractivity contribution in [2.75, 3.05) is 18.5 Å². The number of rotatable bonds is 7. The fraction of sp³-hybridized carbons (Fsp3) is 0.611. The highest BCUT2D eigenvalue weighted by atomic mass is 32.1. The van der Waals surface area contributed by atoms with Gasteiger partial charge >= 0.3 is 5.97 Å². The average molecular weight is 368 g/mol. The SMILES string of the molecule is CCOC(=O)c1c(NC(=O)CCNC(=O)C(C)(C)C)sc(C)c1CC. The van der Waals surface area contributed by atoms with Crippen LogP contribution in [0, 0.1) is 12.3 Å². The lowest BCUT2D eigenvalue weighted by atomic mass is 9.96. The number of amides is 2. The lowest BCUT2D eigenvalue weighted by molar-refractivity contribution is -0.128. The smallest absolute Gasteiger partial charge is 0.341 e. The van der Waals surface area contributed by atoms with E-state index in [2.05, 4.69) is 10.6 Å². The summed E-state index contributed by atoms with van der Waals surface area (Å²) in [7, 11) is 0. The Bertz CT molecular complexity index is 644. The molecular formula is C18H28N2O4S. The Balaban J connectivity index is 2.77. The van der Waals surface area contributed by atoms with Gasteiger partial charge in [-0.3, -0.25) is 9.59 Å². The van der Waals surface area contributed by atoms with Gasteiger partial charge in [0.2, 0.25) is 11.8 Å². The molecule has 7 heteroatoms. The minimum Gasteiger partial charge on any atom is -0.462 e. The molecule has 1 aromatic rings. The Morgan fingerprint density at radius 1 is 1.16 bits per heavy atom. The molecule has 1 heterocycles. The van der Waals surface area contributed by atoms with Crippen LogP contribution in [0.15, 0.2) is 0 Å². The minimum atomic E-state index is -0.492. The van der Waals surface area contributed by atoms with Crippen LogP contribution in [-0.2, 0) is 20.7 Å². The van der Waals surface area contributed by atoms with Crippen molar-refractivity contribution in [2.45, 2.75) is 54.4 Å². The largest absolute Gasteiger partial charge is 0.462 e. The van der Waals surface area contributed by atoms with Crippen molar-refractivity contribution in [3.05, 3.63) is 16.0 Å². The molecule has 0 atom stereocenters. The number of hydrogen-bond acceptors (Lipinski definition) is 5. The fourth-order valence-electron chi connectivity index (χ4n) is 2.26. The average Bonchev–Trinajstić information content (AvgIpc) is 2.81. The van der Waals surface area contributed by atoms with Crippen LogP contribution in [0.3, 0.4) is 0 Å². The maximum Gasteiger partial charge on any atom is 0.341 e. The van der Waals surface area contributed by atoms with Gasteiger partial charge in [-0.15, -0.1) is 11.3 Å². The molecule has 6 nitrogen and oxygen atoms in total. The molecular weight excluding hydrogens is 340 g/mol. The first-order valence-corrected chi connectivity index (χ1v) is 9.30. The van der Waals surface area contributed by atoms with Crippen LogP contribution >= 0.6 is 11.3 Å². The van der Waals surface area contributed by atoms with E-state index in [-0.39, 0.29) is 31.4 Å². The van der Waals surface area contributed by atoms with E-state index in [9.17, 15) is 14.4 Å². The Hall–Kier alpha value is -1.89. The number of thiophene rings is 1. The summed E-state index contributed by atoms with van der Waals surface area (Å²) in [6.45, 7) is 11.6. The molecule has 0 unspecified atom stereocenters. The van der Waals surface area contributed by atoms with Crippen LogP contribution in [0.2, 0.25) is 0 Å². The number of esters is 1. The van der Waals surface area contributed by atoms with Crippen LogP contribution in [0.4, 0.5) is 5.00 Å². The minimum absolute atomic E-state index is 0.104. The summed E-state index contributed by atoms with van der Waals surface area (Å²) in [5.41, 5.74) is 0.854. The molecule has 0 aliphatic heterocycles. The Labute approximate surface area is 153 Å². The van der Waals surface area contributed by atoms with Crippen LogP contribution in [0.5, 0.6) is 0 Å². The van der Waals surface area contributed by atoms with Crippen LogP contribution < -0.4 is 10.6 Å². The predicted octanol–water partition coefficient (Wildman–Crippen LogP) is 3.29. The van der Waals surface area contributed by atoms with E-state index < -0.39 is 11.4 Å².